The fourth-order valence-electron chi connectivity index (χ4n) is 2.96. The molecule has 1 aromatic carbocycles. The molecule has 1 saturated heterocycles. The third kappa shape index (κ3) is 3.54. The lowest BCUT2D eigenvalue weighted by molar-refractivity contribution is -0.117. The predicted octanol–water partition coefficient (Wildman–Crippen LogP) is 2.00. The molecule has 2 aliphatic rings. The minimum atomic E-state index is -0.453. The first kappa shape index (κ1) is 17.2. The number of anilines is 2. The number of carbonyl (C=O) groups is 1. The highest BCUT2D eigenvalue weighted by Crippen LogP contribution is 2.42. The smallest absolute Gasteiger partial charge is 0.251 e. The zero-order chi connectivity index (χ0) is 17.3. The number of hydrogen-bond donors (Lipinski definition) is 4. The van der Waals surface area contributed by atoms with Gasteiger partial charge in [-0.05, 0) is 25.3 Å². The van der Waals surface area contributed by atoms with Crippen molar-refractivity contribution in [3.63, 3.8) is 0 Å². The molecule has 2 heterocycles. The van der Waals surface area contributed by atoms with Crippen LogP contribution in [0.5, 0.6) is 5.75 Å². The maximum atomic E-state index is 14.9. The number of aromatic hydroxyl groups is 1. The van der Waals surface area contributed by atoms with Crippen LogP contribution in [-0.4, -0.2) is 36.7 Å². The Morgan fingerprint density at radius 2 is 2.33 bits per heavy atom. The van der Waals surface area contributed by atoms with E-state index in [9.17, 15) is 14.3 Å². The summed E-state index contributed by atoms with van der Waals surface area (Å²) in [4.78, 5) is 11.3. The summed E-state index contributed by atoms with van der Waals surface area (Å²) in [7, 11) is 0. The lowest BCUT2D eigenvalue weighted by Gasteiger charge is -2.17. The van der Waals surface area contributed by atoms with Gasteiger partial charge in [-0.15, -0.1) is 0 Å². The minimum Gasteiger partial charge on any atom is -0.506 e. The molecule has 0 spiro atoms. The molecule has 0 bridgehead atoms. The van der Waals surface area contributed by atoms with Gasteiger partial charge in [-0.3, -0.25) is 13.8 Å². The van der Waals surface area contributed by atoms with Crippen LogP contribution in [-0.2, 0) is 11.2 Å². The van der Waals surface area contributed by atoms with E-state index in [-0.39, 0.29) is 29.9 Å². The molecule has 3 rings (SSSR count). The first-order chi connectivity index (χ1) is 11.5. The van der Waals surface area contributed by atoms with Gasteiger partial charge in [0.05, 0.1) is 12.1 Å². The first-order valence-corrected chi connectivity index (χ1v) is 8.98. The van der Waals surface area contributed by atoms with Crippen LogP contribution in [0.1, 0.15) is 25.8 Å². The number of phenols is 1. The second kappa shape index (κ2) is 7.06. The van der Waals surface area contributed by atoms with Gasteiger partial charge in [0.25, 0.3) is 5.91 Å². The highest BCUT2D eigenvalue weighted by atomic mass is 32.2. The zero-order valence-electron chi connectivity index (χ0n) is 13.9. The third-order valence-corrected chi connectivity index (χ3v) is 5.08. The Balaban J connectivity index is 1.68. The van der Waals surface area contributed by atoms with E-state index >= 15 is 0 Å². The van der Waals surface area contributed by atoms with Crippen molar-refractivity contribution in [1.29, 1.82) is 0 Å². The SMILES string of the molecule is CC(C)CCNCC1Cc2c(cc(O)c(N3CC(=O)NS3)c2F)N1. The number of halogens is 1. The van der Waals surface area contributed by atoms with Crippen molar-refractivity contribution in [3.05, 3.63) is 17.4 Å². The van der Waals surface area contributed by atoms with Gasteiger partial charge in [0.2, 0.25) is 0 Å². The molecule has 0 aliphatic carbocycles. The zero-order valence-corrected chi connectivity index (χ0v) is 14.7. The Morgan fingerprint density at radius 1 is 1.54 bits per heavy atom. The molecule has 6 nitrogen and oxygen atoms in total. The number of carbonyl (C=O) groups excluding carboxylic acids is 1. The number of amides is 1. The fraction of sp³-hybridized carbons (Fsp3) is 0.562. The largest absolute Gasteiger partial charge is 0.506 e. The van der Waals surface area contributed by atoms with Crippen LogP contribution in [0.2, 0.25) is 0 Å². The predicted molar refractivity (Wildman–Crippen MR) is 94.6 cm³/mol. The van der Waals surface area contributed by atoms with Crippen LogP contribution < -0.4 is 19.7 Å². The summed E-state index contributed by atoms with van der Waals surface area (Å²) in [5, 5.41) is 16.8. The molecule has 1 amide bonds. The monoisotopic (exact) mass is 354 g/mol. The van der Waals surface area contributed by atoms with Gasteiger partial charge in [0, 0.05) is 29.9 Å². The summed E-state index contributed by atoms with van der Waals surface area (Å²) in [6.45, 7) is 6.07. The van der Waals surface area contributed by atoms with E-state index in [1.165, 1.54) is 4.31 Å². The fourth-order valence-corrected chi connectivity index (χ4v) is 3.69. The van der Waals surface area contributed by atoms with Gasteiger partial charge in [0.15, 0.2) is 5.82 Å². The standard InChI is InChI=1S/C16H23FN4O2S/c1-9(2)3-4-18-7-10-5-11-12(19-10)6-13(22)16(15(11)17)21-8-14(23)20-24-21/h6,9-10,18-19,22H,3-5,7-8H2,1-2H3,(H,20,23). The minimum absolute atomic E-state index is 0.0293. The molecular weight excluding hydrogens is 331 g/mol. The van der Waals surface area contributed by atoms with Crippen molar-refractivity contribution in [2.75, 3.05) is 29.3 Å². The van der Waals surface area contributed by atoms with Crippen LogP contribution in [0.4, 0.5) is 15.8 Å². The van der Waals surface area contributed by atoms with Gasteiger partial charge in [0.1, 0.15) is 18.0 Å². The second-order valence-electron chi connectivity index (χ2n) is 6.67. The summed E-state index contributed by atoms with van der Waals surface area (Å²) < 4.78 is 18.9. The van der Waals surface area contributed by atoms with E-state index < -0.39 is 5.82 Å². The molecule has 24 heavy (non-hydrogen) atoms. The van der Waals surface area contributed by atoms with Crippen molar-refractivity contribution in [2.45, 2.75) is 32.7 Å². The third-order valence-electron chi connectivity index (χ3n) is 4.23. The summed E-state index contributed by atoms with van der Waals surface area (Å²) in [5.74, 6) is -0.163. The molecule has 1 unspecified atom stereocenters. The Labute approximate surface area is 145 Å². The molecule has 2 aliphatic heterocycles. The van der Waals surface area contributed by atoms with Crippen molar-refractivity contribution in [2.24, 2.45) is 5.92 Å². The van der Waals surface area contributed by atoms with Crippen LogP contribution in [0.25, 0.3) is 0 Å². The van der Waals surface area contributed by atoms with E-state index in [2.05, 4.69) is 29.2 Å². The molecule has 1 atom stereocenters. The number of benzene rings is 1. The summed E-state index contributed by atoms with van der Waals surface area (Å²) in [5.41, 5.74) is 1.28. The van der Waals surface area contributed by atoms with Gasteiger partial charge in [-0.25, -0.2) is 4.39 Å². The average Bonchev–Trinajstić information content (AvgIpc) is 3.10. The van der Waals surface area contributed by atoms with Crippen LogP contribution in [0.15, 0.2) is 6.07 Å². The highest BCUT2D eigenvalue weighted by molar-refractivity contribution is 7.99. The number of hydrogen-bond acceptors (Lipinski definition) is 6. The van der Waals surface area contributed by atoms with Crippen molar-refractivity contribution in [3.8, 4) is 5.75 Å². The molecule has 0 radical (unpaired) electrons. The average molecular weight is 354 g/mol. The quantitative estimate of drug-likeness (QED) is 0.462. The molecule has 8 heteroatoms. The van der Waals surface area contributed by atoms with E-state index in [0.717, 1.165) is 31.6 Å². The van der Waals surface area contributed by atoms with Crippen molar-refractivity contribution >= 4 is 29.4 Å². The Kier molecular flexibility index (Phi) is 5.05. The Hall–Kier alpha value is -1.67. The van der Waals surface area contributed by atoms with Gasteiger partial charge < -0.3 is 15.7 Å². The molecule has 0 saturated carbocycles. The molecule has 132 valence electrons. The first-order valence-electron chi connectivity index (χ1n) is 8.20. The number of nitrogens with zero attached hydrogens (tertiary/aromatic N) is 1. The normalized spacial score (nSPS) is 19.6. The summed E-state index contributed by atoms with van der Waals surface area (Å²) in [6, 6.07) is 1.65. The maximum absolute atomic E-state index is 14.9. The Morgan fingerprint density at radius 3 is 3.00 bits per heavy atom. The van der Waals surface area contributed by atoms with Gasteiger partial charge >= 0.3 is 0 Å². The maximum Gasteiger partial charge on any atom is 0.251 e. The van der Waals surface area contributed by atoms with E-state index in [4.69, 9.17) is 0 Å². The van der Waals surface area contributed by atoms with Crippen LogP contribution in [0, 0.1) is 11.7 Å². The van der Waals surface area contributed by atoms with E-state index in [1.54, 1.807) is 6.07 Å². The second-order valence-corrected chi connectivity index (χ2v) is 7.50. The summed E-state index contributed by atoms with van der Waals surface area (Å²) in [6.07, 6.45) is 1.66. The molecule has 1 fully saturated rings. The number of rotatable bonds is 6. The van der Waals surface area contributed by atoms with Crippen molar-refractivity contribution < 1.29 is 14.3 Å². The number of fused-ring (bicyclic) bond motifs is 1. The topological polar surface area (TPSA) is 76.6 Å². The van der Waals surface area contributed by atoms with Gasteiger partial charge in [-0.2, -0.15) is 0 Å². The van der Waals surface area contributed by atoms with E-state index in [1.807, 2.05) is 0 Å². The molecular formula is C16H23FN4O2S. The molecule has 1 aromatic rings. The Bertz CT molecular complexity index is 641. The highest BCUT2D eigenvalue weighted by Gasteiger charge is 2.32. The summed E-state index contributed by atoms with van der Waals surface area (Å²) >= 11 is 0.999. The lowest BCUT2D eigenvalue weighted by Crippen LogP contribution is -2.32. The number of nitrogens with one attached hydrogen (secondary N) is 3. The van der Waals surface area contributed by atoms with Crippen LogP contribution in [0.3, 0.4) is 0 Å². The molecule has 0 aromatic heterocycles. The van der Waals surface area contributed by atoms with Gasteiger partial charge in [-0.1, -0.05) is 13.8 Å². The number of phenolic OH excluding ortho intramolecular Hbond substituents is 1. The van der Waals surface area contributed by atoms with Crippen molar-refractivity contribution in [1.82, 2.24) is 10.0 Å². The van der Waals surface area contributed by atoms with Crippen LogP contribution >= 0.6 is 12.1 Å². The van der Waals surface area contributed by atoms with E-state index in [0.29, 0.717) is 23.6 Å². The molecule has 4 N–H and O–H groups in total. The lowest BCUT2D eigenvalue weighted by atomic mass is 10.1.